The van der Waals surface area contributed by atoms with Gasteiger partial charge in [-0.15, -0.1) is 0 Å². The number of halogens is 1. The Morgan fingerprint density at radius 2 is 2.16 bits per heavy atom. The summed E-state index contributed by atoms with van der Waals surface area (Å²) in [7, 11) is 1.49. The van der Waals surface area contributed by atoms with Crippen molar-refractivity contribution in [2.24, 2.45) is 0 Å². The number of methoxy groups -OCH3 is 1. The summed E-state index contributed by atoms with van der Waals surface area (Å²) in [5.74, 6) is -0.0970. The largest absolute Gasteiger partial charge is 0.491 e. The van der Waals surface area contributed by atoms with E-state index in [-0.39, 0.29) is 16.5 Å². The van der Waals surface area contributed by atoms with Crippen LogP contribution in [0.15, 0.2) is 36.5 Å². The van der Waals surface area contributed by atoms with E-state index < -0.39 is 5.97 Å². The Morgan fingerprint density at radius 1 is 1.37 bits per heavy atom. The number of hydrogen-bond donors (Lipinski definition) is 1. The van der Waals surface area contributed by atoms with Crippen molar-refractivity contribution in [2.75, 3.05) is 7.11 Å². The molecule has 6 heteroatoms. The van der Waals surface area contributed by atoms with Gasteiger partial charge in [0, 0.05) is 6.20 Å². The van der Waals surface area contributed by atoms with Crippen LogP contribution in [0.25, 0.3) is 0 Å². The number of benzene rings is 1. The molecule has 98 valence electrons. The van der Waals surface area contributed by atoms with Gasteiger partial charge in [-0.1, -0.05) is 11.6 Å². The van der Waals surface area contributed by atoms with Crippen molar-refractivity contribution in [1.82, 2.24) is 4.98 Å². The molecule has 0 spiro atoms. The molecule has 19 heavy (non-hydrogen) atoms. The molecule has 1 heterocycles. The van der Waals surface area contributed by atoms with Crippen LogP contribution in [-0.2, 0) is 0 Å². The van der Waals surface area contributed by atoms with Crippen molar-refractivity contribution in [2.45, 2.75) is 0 Å². The average Bonchev–Trinajstić information content (AvgIpc) is 2.41. The maximum atomic E-state index is 11.0. The van der Waals surface area contributed by atoms with Crippen LogP contribution in [0.5, 0.6) is 17.4 Å². The van der Waals surface area contributed by atoms with Crippen LogP contribution in [0.1, 0.15) is 10.4 Å². The lowest BCUT2D eigenvalue weighted by molar-refractivity contribution is 0.0696. The van der Waals surface area contributed by atoms with Gasteiger partial charge in [-0.2, -0.15) is 0 Å². The number of nitrogens with zero attached hydrogens (tertiary/aromatic N) is 1. The second-order valence-electron chi connectivity index (χ2n) is 3.56. The Labute approximate surface area is 114 Å². The summed E-state index contributed by atoms with van der Waals surface area (Å²) in [6.07, 6.45) is 1.55. The molecule has 0 unspecified atom stereocenters. The van der Waals surface area contributed by atoms with E-state index in [0.29, 0.717) is 11.5 Å². The lowest BCUT2D eigenvalue weighted by atomic mass is 10.2. The predicted octanol–water partition coefficient (Wildman–Crippen LogP) is 3.23. The van der Waals surface area contributed by atoms with E-state index in [1.807, 2.05) is 0 Å². The van der Waals surface area contributed by atoms with E-state index in [1.165, 1.54) is 19.2 Å². The summed E-state index contributed by atoms with van der Waals surface area (Å²) in [5.41, 5.74) is -0.0333. The van der Waals surface area contributed by atoms with Gasteiger partial charge in [0.05, 0.1) is 17.7 Å². The predicted molar refractivity (Wildman–Crippen MR) is 69.3 cm³/mol. The number of hydrogen-bond acceptors (Lipinski definition) is 4. The van der Waals surface area contributed by atoms with E-state index >= 15 is 0 Å². The number of pyridine rings is 1. The summed E-state index contributed by atoms with van der Waals surface area (Å²) >= 11 is 5.78. The molecule has 0 aliphatic carbocycles. The molecule has 0 saturated heterocycles. The van der Waals surface area contributed by atoms with Gasteiger partial charge in [-0.05, 0) is 30.3 Å². The Morgan fingerprint density at radius 3 is 2.84 bits per heavy atom. The minimum atomic E-state index is -1.12. The summed E-state index contributed by atoms with van der Waals surface area (Å²) in [6.45, 7) is 0. The maximum Gasteiger partial charge on any atom is 0.337 e. The number of aromatic nitrogens is 1. The smallest absolute Gasteiger partial charge is 0.337 e. The third-order valence-corrected chi connectivity index (χ3v) is 2.67. The summed E-state index contributed by atoms with van der Waals surface area (Å²) in [4.78, 5) is 15.0. The fourth-order valence-electron chi connectivity index (χ4n) is 1.45. The van der Waals surface area contributed by atoms with Gasteiger partial charge in [0.15, 0.2) is 5.75 Å². The van der Waals surface area contributed by atoms with Gasteiger partial charge < -0.3 is 14.6 Å². The van der Waals surface area contributed by atoms with Gasteiger partial charge >= 0.3 is 5.97 Å². The van der Waals surface area contributed by atoms with Crippen LogP contribution < -0.4 is 9.47 Å². The van der Waals surface area contributed by atoms with Gasteiger partial charge in [0.1, 0.15) is 5.75 Å². The van der Waals surface area contributed by atoms with Crippen LogP contribution >= 0.6 is 11.6 Å². The number of carboxylic acid groups (broad SMARTS) is 1. The molecule has 1 aromatic carbocycles. The molecule has 0 atom stereocenters. The summed E-state index contributed by atoms with van der Waals surface area (Å²) < 4.78 is 10.6. The van der Waals surface area contributed by atoms with Gasteiger partial charge in [-0.25, -0.2) is 9.78 Å². The van der Waals surface area contributed by atoms with Crippen molar-refractivity contribution in [1.29, 1.82) is 0 Å². The summed E-state index contributed by atoms with van der Waals surface area (Å²) in [5, 5.41) is 9.12. The molecule has 2 rings (SSSR count). The number of aromatic carboxylic acids is 1. The maximum absolute atomic E-state index is 11.0. The molecule has 5 nitrogen and oxygen atoms in total. The zero-order chi connectivity index (χ0) is 13.8. The molecular formula is C13H10ClNO4. The first-order valence-electron chi connectivity index (χ1n) is 5.31. The van der Waals surface area contributed by atoms with Crippen LogP contribution in [0.3, 0.4) is 0 Å². The van der Waals surface area contributed by atoms with Gasteiger partial charge in [-0.3, -0.25) is 0 Å². The molecule has 0 aliphatic heterocycles. The topological polar surface area (TPSA) is 68.7 Å². The molecule has 1 aromatic heterocycles. The van der Waals surface area contributed by atoms with E-state index in [9.17, 15) is 4.79 Å². The average molecular weight is 280 g/mol. The highest BCUT2D eigenvalue weighted by atomic mass is 35.5. The normalized spacial score (nSPS) is 10.0. The molecule has 0 aliphatic rings. The highest BCUT2D eigenvalue weighted by molar-refractivity contribution is 6.33. The molecular weight excluding hydrogens is 270 g/mol. The fourth-order valence-corrected chi connectivity index (χ4v) is 1.65. The lowest BCUT2D eigenvalue weighted by Crippen LogP contribution is -1.98. The van der Waals surface area contributed by atoms with Crippen molar-refractivity contribution in [3.8, 4) is 17.4 Å². The van der Waals surface area contributed by atoms with Crippen molar-refractivity contribution < 1.29 is 19.4 Å². The lowest BCUT2D eigenvalue weighted by Gasteiger charge is -2.09. The van der Waals surface area contributed by atoms with Gasteiger partial charge in [0.2, 0.25) is 0 Å². The SMILES string of the molecule is COc1cccnc1Oc1ccc(Cl)c(C(=O)O)c1. The Kier molecular flexibility index (Phi) is 3.87. The third kappa shape index (κ3) is 2.95. The van der Waals surface area contributed by atoms with Gasteiger partial charge in [0.25, 0.3) is 5.88 Å². The van der Waals surface area contributed by atoms with Crippen molar-refractivity contribution in [3.05, 3.63) is 47.1 Å². The quantitative estimate of drug-likeness (QED) is 0.930. The van der Waals surface area contributed by atoms with E-state index in [1.54, 1.807) is 24.4 Å². The summed E-state index contributed by atoms with van der Waals surface area (Å²) in [6, 6.07) is 7.74. The van der Waals surface area contributed by atoms with Crippen LogP contribution in [0, 0.1) is 0 Å². The zero-order valence-electron chi connectivity index (χ0n) is 9.96. The fraction of sp³-hybridized carbons (Fsp3) is 0.0769. The first-order valence-corrected chi connectivity index (χ1v) is 5.69. The number of carboxylic acids is 1. The van der Waals surface area contributed by atoms with E-state index in [4.69, 9.17) is 26.2 Å². The molecule has 0 radical (unpaired) electrons. The second kappa shape index (κ2) is 5.58. The Bertz CT molecular complexity index is 615. The molecule has 0 amide bonds. The minimum Gasteiger partial charge on any atom is -0.491 e. The van der Waals surface area contributed by atoms with E-state index in [2.05, 4.69) is 4.98 Å². The highest BCUT2D eigenvalue weighted by Gasteiger charge is 2.12. The zero-order valence-corrected chi connectivity index (χ0v) is 10.7. The molecule has 2 aromatic rings. The number of ether oxygens (including phenoxy) is 2. The first kappa shape index (κ1) is 13.2. The standard InChI is InChI=1S/C13H10ClNO4/c1-18-11-3-2-6-15-12(11)19-8-4-5-10(14)9(7-8)13(16)17/h2-7H,1H3,(H,16,17). The van der Waals surface area contributed by atoms with Crippen LogP contribution in [0.2, 0.25) is 5.02 Å². The Hall–Kier alpha value is -2.27. The van der Waals surface area contributed by atoms with Crippen molar-refractivity contribution in [3.63, 3.8) is 0 Å². The van der Waals surface area contributed by atoms with Crippen LogP contribution in [0.4, 0.5) is 0 Å². The monoisotopic (exact) mass is 279 g/mol. The number of carbonyl (C=O) groups is 1. The molecule has 0 saturated carbocycles. The second-order valence-corrected chi connectivity index (χ2v) is 3.97. The van der Waals surface area contributed by atoms with E-state index in [0.717, 1.165) is 0 Å². The molecule has 0 fully saturated rings. The highest BCUT2D eigenvalue weighted by Crippen LogP contribution is 2.30. The van der Waals surface area contributed by atoms with Crippen LogP contribution in [-0.4, -0.2) is 23.2 Å². The van der Waals surface area contributed by atoms with Crippen molar-refractivity contribution >= 4 is 17.6 Å². The molecule has 1 N–H and O–H groups in total. The Balaban J connectivity index is 2.33. The minimum absolute atomic E-state index is 0.0333. The first-order chi connectivity index (χ1) is 9.11. The molecule has 0 bridgehead atoms. The number of rotatable bonds is 4. The third-order valence-electron chi connectivity index (χ3n) is 2.34.